The topological polar surface area (TPSA) is 88.1 Å². The van der Waals surface area contributed by atoms with E-state index in [1.165, 1.54) is 6.33 Å². The van der Waals surface area contributed by atoms with Crippen LogP contribution in [0.3, 0.4) is 0 Å². The van der Waals surface area contributed by atoms with Crippen LogP contribution in [0.15, 0.2) is 30.6 Å². The van der Waals surface area contributed by atoms with Gasteiger partial charge in [0.05, 0.1) is 11.4 Å². The number of rotatable bonds is 5. The van der Waals surface area contributed by atoms with E-state index in [2.05, 4.69) is 35.6 Å². The highest BCUT2D eigenvalue weighted by Gasteiger charge is 2.40. The van der Waals surface area contributed by atoms with E-state index >= 15 is 0 Å². The van der Waals surface area contributed by atoms with Gasteiger partial charge in [-0.25, -0.2) is 9.97 Å². The first-order valence-corrected chi connectivity index (χ1v) is 9.61. The minimum Gasteiger partial charge on any atom is -0.488 e. The maximum Gasteiger partial charge on any atom is 0.132 e. The largest absolute Gasteiger partial charge is 0.488 e. The van der Waals surface area contributed by atoms with E-state index in [1.54, 1.807) is 6.07 Å². The summed E-state index contributed by atoms with van der Waals surface area (Å²) in [5, 5.41) is 8.67. The van der Waals surface area contributed by atoms with Gasteiger partial charge < -0.3 is 15.4 Å². The molecule has 6 heteroatoms. The van der Waals surface area contributed by atoms with Crippen LogP contribution in [-0.2, 0) is 0 Å². The average Bonchev–Trinajstić information content (AvgIpc) is 3.27. The smallest absolute Gasteiger partial charge is 0.132 e. The fraction of sp³-hybridized carbons (Fsp3) is 0.476. The highest BCUT2D eigenvalue weighted by molar-refractivity contribution is 6.13. The summed E-state index contributed by atoms with van der Waals surface area (Å²) in [4.78, 5) is 11.1. The normalized spacial score (nSPS) is 23.3. The van der Waals surface area contributed by atoms with Gasteiger partial charge in [0.15, 0.2) is 0 Å². The molecule has 2 heterocycles. The first kappa shape index (κ1) is 17.8. The van der Waals surface area contributed by atoms with Crippen LogP contribution in [0, 0.1) is 11.3 Å². The number of nitrogens with two attached hydrogens (primary N) is 1. The van der Waals surface area contributed by atoms with E-state index in [9.17, 15) is 0 Å². The highest BCUT2D eigenvalue weighted by Crippen LogP contribution is 2.40. The number of ether oxygens (including phenoxy) is 1. The second-order valence-electron chi connectivity index (χ2n) is 8.28. The Hall–Kier alpha value is -2.63. The molecule has 3 N–H and O–H groups in total. The SMILES string of the molecule is CC1CC(C)N(c2cc(C(=N)c3cc(OC4(C)CC4)ccc3N)ncn2)C1. The molecule has 0 spiro atoms. The zero-order valence-electron chi connectivity index (χ0n) is 16.2. The van der Waals surface area contributed by atoms with Gasteiger partial charge in [0.1, 0.15) is 23.5 Å². The summed E-state index contributed by atoms with van der Waals surface area (Å²) >= 11 is 0. The predicted molar refractivity (Wildman–Crippen MR) is 108 cm³/mol. The van der Waals surface area contributed by atoms with E-state index in [0.29, 0.717) is 34.6 Å². The third-order valence-corrected chi connectivity index (χ3v) is 5.60. The van der Waals surface area contributed by atoms with Crippen LogP contribution >= 0.6 is 0 Å². The number of hydrogen-bond donors (Lipinski definition) is 2. The number of aromatic nitrogens is 2. The number of nitrogens with zero attached hydrogens (tertiary/aromatic N) is 3. The zero-order chi connectivity index (χ0) is 19.2. The Bertz CT molecular complexity index is 877. The Morgan fingerprint density at radius 3 is 2.70 bits per heavy atom. The lowest BCUT2D eigenvalue weighted by Crippen LogP contribution is -2.28. The minimum absolute atomic E-state index is 0.0692. The molecular weight excluding hydrogens is 338 g/mol. The van der Waals surface area contributed by atoms with Gasteiger partial charge in [0, 0.05) is 29.9 Å². The molecule has 0 amide bonds. The van der Waals surface area contributed by atoms with Crippen molar-refractivity contribution in [2.45, 2.75) is 51.7 Å². The van der Waals surface area contributed by atoms with Crippen molar-refractivity contribution >= 4 is 17.2 Å². The lowest BCUT2D eigenvalue weighted by atomic mass is 10.0. The van der Waals surface area contributed by atoms with Gasteiger partial charge in [0.2, 0.25) is 0 Å². The third kappa shape index (κ3) is 3.61. The molecular formula is C21H27N5O. The number of hydrogen-bond acceptors (Lipinski definition) is 6. The van der Waals surface area contributed by atoms with Crippen molar-refractivity contribution in [1.82, 2.24) is 9.97 Å². The molecule has 2 unspecified atom stereocenters. The van der Waals surface area contributed by atoms with Crippen LogP contribution in [0.1, 0.15) is 51.3 Å². The van der Waals surface area contributed by atoms with Gasteiger partial charge in [-0.15, -0.1) is 0 Å². The summed E-state index contributed by atoms with van der Waals surface area (Å²) in [5.41, 5.74) is 8.15. The summed E-state index contributed by atoms with van der Waals surface area (Å²) in [6, 6.07) is 7.86. The molecule has 1 aliphatic heterocycles. The second-order valence-corrected chi connectivity index (χ2v) is 8.28. The molecule has 4 rings (SSSR count). The van der Waals surface area contributed by atoms with Gasteiger partial charge in [-0.05, 0) is 57.2 Å². The van der Waals surface area contributed by atoms with Crippen molar-refractivity contribution in [1.29, 1.82) is 5.41 Å². The Morgan fingerprint density at radius 2 is 2.04 bits per heavy atom. The van der Waals surface area contributed by atoms with Crippen LogP contribution in [0.25, 0.3) is 0 Å². The molecule has 6 nitrogen and oxygen atoms in total. The maximum absolute atomic E-state index is 8.67. The van der Waals surface area contributed by atoms with Crippen LogP contribution in [-0.4, -0.2) is 33.9 Å². The molecule has 142 valence electrons. The standard InChI is InChI=1S/C21H27N5O/c1-13-8-14(2)26(11-13)19-10-18(24-12-25-19)20(23)16-9-15(4-5-17(16)22)27-21(3)6-7-21/h4-5,9-10,12-14,23H,6-8,11,22H2,1-3H3. The molecule has 2 atom stereocenters. The maximum atomic E-state index is 8.67. The van der Waals surface area contributed by atoms with Crippen LogP contribution in [0.5, 0.6) is 5.75 Å². The lowest BCUT2D eigenvalue weighted by molar-refractivity contribution is 0.200. The predicted octanol–water partition coefficient (Wildman–Crippen LogP) is 3.64. The first-order chi connectivity index (χ1) is 12.8. The van der Waals surface area contributed by atoms with E-state index in [-0.39, 0.29) is 5.60 Å². The van der Waals surface area contributed by atoms with Crippen molar-refractivity contribution in [2.75, 3.05) is 17.2 Å². The fourth-order valence-electron chi connectivity index (χ4n) is 3.78. The van der Waals surface area contributed by atoms with Gasteiger partial charge in [0.25, 0.3) is 0 Å². The monoisotopic (exact) mass is 365 g/mol. The molecule has 27 heavy (non-hydrogen) atoms. The summed E-state index contributed by atoms with van der Waals surface area (Å²) in [5.74, 6) is 2.27. The van der Waals surface area contributed by atoms with Crippen molar-refractivity contribution in [2.24, 2.45) is 5.92 Å². The van der Waals surface area contributed by atoms with Crippen molar-refractivity contribution in [3.05, 3.63) is 41.9 Å². The van der Waals surface area contributed by atoms with Crippen molar-refractivity contribution in [3.63, 3.8) is 0 Å². The molecule has 1 saturated heterocycles. The molecule has 2 aliphatic rings. The van der Waals surface area contributed by atoms with E-state index < -0.39 is 0 Å². The summed E-state index contributed by atoms with van der Waals surface area (Å²) in [7, 11) is 0. The molecule has 2 fully saturated rings. The molecule has 1 aliphatic carbocycles. The highest BCUT2D eigenvalue weighted by atomic mass is 16.5. The third-order valence-electron chi connectivity index (χ3n) is 5.60. The first-order valence-electron chi connectivity index (χ1n) is 9.61. The van der Waals surface area contributed by atoms with Crippen LogP contribution < -0.4 is 15.4 Å². The quantitative estimate of drug-likeness (QED) is 0.624. The van der Waals surface area contributed by atoms with Gasteiger partial charge >= 0.3 is 0 Å². The second kappa shape index (κ2) is 6.51. The average molecular weight is 365 g/mol. The van der Waals surface area contributed by atoms with Crippen LogP contribution in [0.4, 0.5) is 11.5 Å². The van der Waals surface area contributed by atoms with E-state index in [1.807, 2.05) is 18.2 Å². The Balaban J connectivity index is 1.61. The number of nitrogens with one attached hydrogen (secondary N) is 1. The summed E-state index contributed by atoms with van der Waals surface area (Å²) < 4.78 is 6.03. The number of nitrogen functional groups attached to an aromatic ring is 1. The molecule has 0 bridgehead atoms. The van der Waals surface area contributed by atoms with Gasteiger partial charge in [-0.3, -0.25) is 5.41 Å². The molecule has 1 aromatic carbocycles. The molecule has 1 aromatic heterocycles. The lowest BCUT2D eigenvalue weighted by Gasteiger charge is -2.23. The zero-order valence-corrected chi connectivity index (χ0v) is 16.2. The van der Waals surface area contributed by atoms with Crippen LogP contribution in [0.2, 0.25) is 0 Å². The Kier molecular flexibility index (Phi) is 4.29. The van der Waals surface area contributed by atoms with Gasteiger partial charge in [-0.2, -0.15) is 0 Å². The summed E-state index contributed by atoms with van der Waals surface area (Å²) in [6.07, 6.45) is 4.82. The molecule has 0 radical (unpaired) electrons. The van der Waals surface area contributed by atoms with Crippen molar-refractivity contribution < 1.29 is 4.74 Å². The molecule has 1 saturated carbocycles. The minimum atomic E-state index is -0.0692. The van der Waals surface area contributed by atoms with E-state index in [4.69, 9.17) is 15.9 Å². The Morgan fingerprint density at radius 1 is 1.26 bits per heavy atom. The van der Waals surface area contributed by atoms with Gasteiger partial charge in [-0.1, -0.05) is 6.92 Å². The van der Waals surface area contributed by atoms with Crippen molar-refractivity contribution in [3.8, 4) is 5.75 Å². The summed E-state index contributed by atoms with van der Waals surface area (Å²) in [6.45, 7) is 7.55. The van der Waals surface area contributed by atoms with E-state index in [0.717, 1.165) is 37.4 Å². The molecule has 2 aromatic rings. The number of benzene rings is 1. The fourth-order valence-corrected chi connectivity index (χ4v) is 3.78. The Labute approximate surface area is 160 Å². The number of anilines is 2.